The van der Waals surface area contributed by atoms with E-state index in [2.05, 4.69) is 22.4 Å². The Morgan fingerprint density at radius 2 is 2.00 bits per heavy atom. The number of fused-ring (bicyclic) bond motifs is 1. The lowest BCUT2D eigenvalue weighted by Crippen LogP contribution is -2.28. The Morgan fingerprint density at radius 3 is 2.74 bits per heavy atom. The highest BCUT2D eigenvalue weighted by atomic mass is 32.1. The van der Waals surface area contributed by atoms with E-state index in [0.29, 0.717) is 5.13 Å². The number of nitrogens with one attached hydrogen (secondary N) is 1. The van der Waals surface area contributed by atoms with Gasteiger partial charge in [-0.1, -0.05) is 30.4 Å². The molecule has 2 aromatic heterocycles. The molecule has 0 aliphatic heterocycles. The van der Waals surface area contributed by atoms with Gasteiger partial charge in [0.1, 0.15) is 11.6 Å². The van der Waals surface area contributed by atoms with Crippen LogP contribution in [-0.2, 0) is 24.8 Å². The Hall–Kier alpha value is -2.48. The van der Waals surface area contributed by atoms with E-state index in [1.165, 1.54) is 20.5 Å². The molecule has 0 atom stereocenters. The van der Waals surface area contributed by atoms with Gasteiger partial charge in [-0.05, 0) is 18.6 Å². The molecule has 1 N–H and O–H groups in total. The fourth-order valence-electron chi connectivity index (χ4n) is 2.44. The molecule has 0 unspecified atom stereocenters. The maximum atomic E-state index is 12.3. The summed E-state index contributed by atoms with van der Waals surface area (Å²) in [5.74, 6) is -0.289. The van der Waals surface area contributed by atoms with E-state index in [-0.39, 0.29) is 18.1 Å². The summed E-state index contributed by atoms with van der Waals surface area (Å²) in [6.07, 6.45) is 1.82. The SMILES string of the molecule is CCCc1nnc(NC(=O)Cn2c(=O)n(C)c3ccccc32)s1. The number of benzene rings is 1. The number of hydrogen-bond acceptors (Lipinski definition) is 5. The molecule has 3 rings (SSSR count). The zero-order valence-electron chi connectivity index (χ0n) is 12.9. The predicted molar refractivity (Wildman–Crippen MR) is 89.7 cm³/mol. The second-order valence-corrected chi connectivity index (χ2v) is 6.28. The van der Waals surface area contributed by atoms with E-state index < -0.39 is 0 Å². The minimum Gasteiger partial charge on any atom is -0.299 e. The highest BCUT2D eigenvalue weighted by Crippen LogP contribution is 2.17. The van der Waals surface area contributed by atoms with Crippen LogP contribution in [0.4, 0.5) is 5.13 Å². The number of nitrogens with zero attached hydrogens (tertiary/aromatic N) is 4. The number of anilines is 1. The first-order valence-electron chi connectivity index (χ1n) is 7.36. The molecule has 0 aliphatic carbocycles. The van der Waals surface area contributed by atoms with Gasteiger partial charge in [0.05, 0.1) is 11.0 Å². The third-order valence-corrected chi connectivity index (χ3v) is 4.43. The van der Waals surface area contributed by atoms with E-state index in [1.807, 2.05) is 24.3 Å². The van der Waals surface area contributed by atoms with Crippen LogP contribution in [0.5, 0.6) is 0 Å². The van der Waals surface area contributed by atoms with Crippen LogP contribution >= 0.6 is 11.3 Å². The van der Waals surface area contributed by atoms with Gasteiger partial charge in [0.15, 0.2) is 0 Å². The normalized spacial score (nSPS) is 11.0. The third kappa shape index (κ3) is 3.02. The molecule has 1 aromatic carbocycles. The summed E-state index contributed by atoms with van der Waals surface area (Å²) in [5.41, 5.74) is 1.32. The Balaban J connectivity index is 1.80. The lowest BCUT2D eigenvalue weighted by atomic mass is 10.3. The number of aromatic nitrogens is 4. The van der Waals surface area contributed by atoms with Crippen molar-refractivity contribution < 1.29 is 4.79 Å². The molecule has 1 amide bonds. The van der Waals surface area contributed by atoms with Gasteiger partial charge in [-0.2, -0.15) is 0 Å². The number of imidazole rings is 1. The van der Waals surface area contributed by atoms with Crippen molar-refractivity contribution >= 4 is 33.4 Å². The molecule has 0 spiro atoms. The molecule has 8 heteroatoms. The predicted octanol–water partition coefficient (Wildman–Crippen LogP) is 1.78. The lowest BCUT2D eigenvalue weighted by Gasteiger charge is -2.02. The molecule has 0 fully saturated rings. The van der Waals surface area contributed by atoms with Crippen LogP contribution in [0.15, 0.2) is 29.1 Å². The molecule has 23 heavy (non-hydrogen) atoms. The molecular formula is C15H17N5O2S. The van der Waals surface area contributed by atoms with Crippen LogP contribution in [-0.4, -0.2) is 25.2 Å². The molecular weight excluding hydrogens is 314 g/mol. The van der Waals surface area contributed by atoms with E-state index in [0.717, 1.165) is 28.9 Å². The van der Waals surface area contributed by atoms with Crippen molar-refractivity contribution in [3.8, 4) is 0 Å². The number of aryl methyl sites for hydroxylation is 2. The maximum Gasteiger partial charge on any atom is 0.329 e. The van der Waals surface area contributed by atoms with Crippen molar-refractivity contribution in [3.63, 3.8) is 0 Å². The van der Waals surface area contributed by atoms with Gasteiger partial charge in [0.25, 0.3) is 0 Å². The lowest BCUT2D eigenvalue weighted by molar-refractivity contribution is -0.116. The summed E-state index contributed by atoms with van der Waals surface area (Å²) in [4.78, 5) is 24.5. The monoisotopic (exact) mass is 331 g/mol. The van der Waals surface area contributed by atoms with Crippen LogP contribution in [0.1, 0.15) is 18.4 Å². The number of amides is 1. The van der Waals surface area contributed by atoms with Crippen molar-refractivity contribution in [2.45, 2.75) is 26.3 Å². The van der Waals surface area contributed by atoms with E-state index in [4.69, 9.17) is 0 Å². The molecule has 0 saturated carbocycles. The van der Waals surface area contributed by atoms with Gasteiger partial charge < -0.3 is 0 Å². The van der Waals surface area contributed by atoms with Crippen LogP contribution in [0, 0.1) is 0 Å². The Morgan fingerprint density at radius 1 is 1.26 bits per heavy atom. The molecule has 0 bridgehead atoms. The summed E-state index contributed by atoms with van der Waals surface area (Å²) in [7, 11) is 1.70. The number of rotatable bonds is 5. The first-order valence-corrected chi connectivity index (χ1v) is 8.18. The van der Waals surface area contributed by atoms with Crippen LogP contribution < -0.4 is 11.0 Å². The molecule has 7 nitrogen and oxygen atoms in total. The minimum absolute atomic E-state index is 0.0527. The van der Waals surface area contributed by atoms with Crippen molar-refractivity contribution in [2.75, 3.05) is 5.32 Å². The van der Waals surface area contributed by atoms with Crippen LogP contribution in [0.3, 0.4) is 0 Å². The van der Waals surface area contributed by atoms with Gasteiger partial charge in [0, 0.05) is 13.5 Å². The summed E-state index contributed by atoms with van der Waals surface area (Å²) in [6.45, 7) is 2.01. The number of hydrogen-bond donors (Lipinski definition) is 1. The van der Waals surface area contributed by atoms with E-state index >= 15 is 0 Å². The summed E-state index contributed by atoms with van der Waals surface area (Å²) in [5, 5.41) is 12.0. The molecule has 120 valence electrons. The van der Waals surface area contributed by atoms with Crippen molar-refractivity contribution in [2.24, 2.45) is 7.05 Å². The molecule has 0 saturated heterocycles. The summed E-state index contributed by atoms with van der Waals surface area (Å²) >= 11 is 1.36. The smallest absolute Gasteiger partial charge is 0.299 e. The fourth-order valence-corrected chi connectivity index (χ4v) is 3.29. The van der Waals surface area contributed by atoms with Crippen molar-refractivity contribution in [1.82, 2.24) is 19.3 Å². The van der Waals surface area contributed by atoms with Gasteiger partial charge in [0.2, 0.25) is 11.0 Å². The second kappa shape index (κ2) is 6.33. The van der Waals surface area contributed by atoms with Crippen molar-refractivity contribution in [3.05, 3.63) is 39.8 Å². The van der Waals surface area contributed by atoms with Crippen LogP contribution in [0.2, 0.25) is 0 Å². The summed E-state index contributed by atoms with van der Waals surface area (Å²) in [6, 6.07) is 7.39. The van der Waals surface area contributed by atoms with Gasteiger partial charge in [-0.3, -0.25) is 19.2 Å². The first kappa shape index (κ1) is 15.4. The Bertz CT molecular complexity index is 908. The van der Waals surface area contributed by atoms with Gasteiger partial charge >= 0.3 is 5.69 Å². The highest BCUT2D eigenvalue weighted by molar-refractivity contribution is 7.15. The largest absolute Gasteiger partial charge is 0.329 e. The molecule has 0 aliphatic rings. The molecule has 0 radical (unpaired) electrons. The first-order chi connectivity index (χ1) is 11.1. The van der Waals surface area contributed by atoms with E-state index in [9.17, 15) is 9.59 Å². The Labute approximate surface area is 136 Å². The van der Waals surface area contributed by atoms with Crippen LogP contribution in [0.25, 0.3) is 11.0 Å². The van der Waals surface area contributed by atoms with Gasteiger partial charge in [-0.15, -0.1) is 10.2 Å². The maximum absolute atomic E-state index is 12.3. The average Bonchev–Trinajstić information content (AvgIpc) is 3.07. The quantitative estimate of drug-likeness (QED) is 0.773. The minimum atomic E-state index is -0.289. The average molecular weight is 331 g/mol. The number of carbonyl (C=O) groups excluding carboxylic acids is 1. The second-order valence-electron chi connectivity index (χ2n) is 5.22. The highest BCUT2D eigenvalue weighted by Gasteiger charge is 2.14. The molecule has 2 heterocycles. The Kier molecular flexibility index (Phi) is 4.24. The van der Waals surface area contributed by atoms with E-state index in [1.54, 1.807) is 7.05 Å². The topological polar surface area (TPSA) is 81.8 Å². The molecule has 3 aromatic rings. The van der Waals surface area contributed by atoms with Gasteiger partial charge in [-0.25, -0.2) is 4.79 Å². The zero-order chi connectivity index (χ0) is 16.4. The summed E-state index contributed by atoms with van der Waals surface area (Å²) < 4.78 is 2.99. The fraction of sp³-hybridized carbons (Fsp3) is 0.333. The standard InChI is InChI=1S/C15H17N5O2S/c1-3-6-13-17-18-14(23-13)16-12(21)9-20-11-8-5-4-7-10(11)19(2)15(20)22/h4-5,7-8H,3,6,9H2,1-2H3,(H,16,18,21). The zero-order valence-corrected chi connectivity index (χ0v) is 13.8. The third-order valence-electron chi connectivity index (χ3n) is 3.53. The number of carbonyl (C=O) groups is 1. The number of para-hydroxylation sites is 2. The van der Waals surface area contributed by atoms with Crippen molar-refractivity contribution in [1.29, 1.82) is 0 Å².